The number of nitrogens with zero attached hydrogens (tertiary/aromatic N) is 5. The molecular weight excluding hydrogens is 362 g/mol. The first kappa shape index (κ1) is 18.4. The van der Waals surface area contributed by atoms with Crippen molar-refractivity contribution >= 4 is 11.6 Å². The molecule has 9 nitrogen and oxygen atoms in total. The van der Waals surface area contributed by atoms with Crippen molar-refractivity contribution in [3.05, 3.63) is 55.7 Å². The van der Waals surface area contributed by atoms with Crippen molar-refractivity contribution in [2.45, 2.75) is 44.6 Å². The van der Waals surface area contributed by atoms with Crippen LogP contribution in [0.25, 0.3) is 0 Å². The molecule has 28 heavy (non-hydrogen) atoms. The number of piperidine rings is 1. The summed E-state index contributed by atoms with van der Waals surface area (Å²) >= 11 is 0. The van der Waals surface area contributed by atoms with E-state index in [0.717, 1.165) is 31.5 Å². The van der Waals surface area contributed by atoms with Crippen molar-refractivity contribution in [2.24, 2.45) is 7.05 Å². The first-order chi connectivity index (χ1) is 13.4. The molecule has 1 saturated carbocycles. The number of nitro groups is 1. The second kappa shape index (κ2) is 6.88. The molecule has 0 radical (unpaired) electrons. The van der Waals surface area contributed by atoms with Gasteiger partial charge in [0, 0.05) is 49.3 Å². The second-order valence-electron chi connectivity index (χ2n) is 7.64. The number of benzene rings is 1. The molecule has 0 atom stereocenters. The number of hydrogen-bond donors (Lipinski definition) is 0. The summed E-state index contributed by atoms with van der Waals surface area (Å²) < 4.78 is 3.23. The fourth-order valence-corrected chi connectivity index (χ4v) is 4.02. The first-order valence-corrected chi connectivity index (χ1v) is 9.57. The molecular formula is C19H23N5O4. The monoisotopic (exact) mass is 385 g/mol. The first-order valence-electron chi connectivity index (χ1n) is 9.57. The molecule has 0 bridgehead atoms. The molecule has 1 aliphatic heterocycles. The number of hydrogen-bond acceptors (Lipinski definition) is 5. The van der Waals surface area contributed by atoms with E-state index >= 15 is 0 Å². The Labute approximate surface area is 161 Å². The van der Waals surface area contributed by atoms with Crippen LogP contribution < -0.4 is 5.69 Å². The molecule has 1 aromatic heterocycles. The molecule has 0 spiro atoms. The van der Waals surface area contributed by atoms with Gasteiger partial charge in [-0.3, -0.25) is 19.5 Å². The number of likely N-dealkylation sites (tertiary alicyclic amines) is 1. The number of carbonyl (C=O) groups is 1. The lowest BCUT2D eigenvalue weighted by atomic mass is 9.95. The van der Waals surface area contributed by atoms with Crippen molar-refractivity contribution < 1.29 is 9.72 Å². The van der Waals surface area contributed by atoms with E-state index in [-0.39, 0.29) is 29.2 Å². The fraction of sp³-hybridized carbons (Fsp3) is 0.526. The zero-order chi connectivity index (χ0) is 20.0. The van der Waals surface area contributed by atoms with E-state index in [2.05, 4.69) is 5.10 Å². The normalized spacial score (nSPS) is 17.7. The van der Waals surface area contributed by atoms with E-state index in [1.807, 2.05) is 4.57 Å². The highest BCUT2D eigenvalue weighted by Crippen LogP contribution is 2.37. The molecule has 0 N–H and O–H groups in total. The van der Waals surface area contributed by atoms with E-state index in [1.54, 1.807) is 31.0 Å². The van der Waals surface area contributed by atoms with E-state index in [0.29, 0.717) is 24.2 Å². The third kappa shape index (κ3) is 3.10. The smallest absolute Gasteiger partial charge is 0.339 e. The van der Waals surface area contributed by atoms with E-state index in [1.165, 1.54) is 10.7 Å². The van der Waals surface area contributed by atoms with Crippen LogP contribution in [0.3, 0.4) is 0 Å². The van der Waals surface area contributed by atoms with Crippen LogP contribution in [0.2, 0.25) is 0 Å². The molecule has 1 aromatic carbocycles. The molecule has 9 heteroatoms. The number of amides is 1. The van der Waals surface area contributed by atoms with E-state index < -0.39 is 4.92 Å². The van der Waals surface area contributed by atoms with Crippen molar-refractivity contribution in [1.29, 1.82) is 0 Å². The van der Waals surface area contributed by atoms with Crippen LogP contribution >= 0.6 is 0 Å². The SMILES string of the molecule is Cc1c(C(=O)N2CCC(c3nn(C)c(=O)n3C3CC3)CC2)cccc1[N+](=O)[O-]. The van der Waals surface area contributed by atoms with Gasteiger partial charge >= 0.3 is 5.69 Å². The summed E-state index contributed by atoms with van der Waals surface area (Å²) in [5.41, 5.74) is 0.665. The standard InChI is InChI=1S/C19H23N5O4/c1-12-15(4-3-5-16(12)24(27)28)18(25)22-10-8-13(9-11-22)17-20-21(2)19(26)23(17)14-6-7-14/h3-5,13-14H,6-11H2,1-2H3. The van der Waals surface area contributed by atoms with Gasteiger partial charge < -0.3 is 4.90 Å². The summed E-state index contributed by atoms with van der Waals surface area (Å²) in [4.78, 5) is 37.7. The lowest BCUT2D eigenvalue weighted by Crippen LogP contribution is -2.39. The Morgan fingerprint density at radius 3 is 2.50 bits per heavy atom. The molecule has 2 fully saturated rings. The average Bonchev–Trinajstić information content (AvgIpc) is 3.47. The predicted molar refractivity (Wildman–Crippen MR) is 101 cm³/mol. The van der Waals surface area contributed by atoms with Gasteiger partial charge in [-0.15, -0.1) is 0 Å². The molecule has 2 aliphatic rings. The summed E-state index contributed by atoms with van der Waals surface area (Å²) in [5.74, 6) is 0.790. The summed E-state index contributed by atoms with van der Waals surface area (Å²) in [6.45, 7) is 2.70. The molecule has 1 aliphatic carbocycles. The number of nitro benzene ring substituents is 1. The van der Waals surface area contributed by atoms with Crippen molar-refractivity contribution in [3.63, 3.8) is 0 Å². The molecule has 2 heterocycles. The van der Waals surface area contributed by atoms with Crippen molar-refractivity contribution in [2.75, 3.05) is 13.1 Å². The minimum absolute atomic E-state index is 0.0392. The summed E-state index contributed by atoms with van der Waals surface area (Å²) in [7, 11) is 1.68. The van der Waals surface area contributed by atoms with Gasteiger partial charge in [0.05, 0.1) is 4.92 Å². The molecule has 1 saturated heterocycles. The maximum atomic E-state index is 12.9. The second-order valence-corrected chi connectivity index (χ2v) is 7.64. The number of aryl methyl sites for hydroxylation is 1. The van der Waals surface area contributed by atoms with Gasteiger partial charge in [-0.25, -0.2) is 9.48 Å². The van der Waals surface area contributed by atoms with Gasteiger partial charge in [-0.05, 0) is 38.7 Å². The predicted octanol–water partition coefficient (Wildman–Crippen LogP) is 2.15. The van der Waals surface area contributed by atoms with Gasteiger partial charge in [-0.1, -0.05) is 6.07 Å². The van der Waals surface area contributed by atoms with Crippen molar-refractivity contribution in [1.82, 2.24) is 19.2 Å². The Kier molecular flexibility index (Phi) is 4.52. The zero-order valence-corrected chi connectivity index (χ0v) is 16.0. The van der Waals surface area contributed by atoms with Gasteiger partial charge in [0.25, 0.3) is 11.6 Å². The molecule has 0 unspecified atom stereocenters. The summed E-state index contributed by atoms with van der Waals surface area (Å²) in [5, 5.41) is 15.6. The Bertz CT molecular complexity index is 996. The quantitative estimate of drug-likeness (QED) is 0.593. The third-order valence-corrected chi connectivity index (χ3v) is 5.77. The Hall–Kier alpha value is -2.97. The highest BCUT2D eigenvalue weighted by molar-refractivity contribution is 5.96. The maximum Gasteiger partial charge on any atom is 0.345 e. The Balaban J connectivity index is 1.50. The summed E-state index contributed by atoms with van der Waals surface area (Å²) in [6, 6.07) is 4.87. The van der Waals surface area contributed by atoms with Gasteiger partial charge in [0.15, 0.2) is 0 Å². The largest absolute Gasteiger partial charge is 0.345 e. The van der Waals surface area contributed by atoms with Crippen LogP contribution in [0.4, 0.5) is 5.69 Å². The summed E-state index contributed by atoms with van der Waals surface area (Å²) in [6.07, 6.45) is 3.48. The fourth-order valence-electron chi connectivity index (χ4n) is 4.02. The number of aromatic nitrogens is 3. The van der Waals surface area contributed by atoms with Crippen molar-refractivity contribution in [3.8, 4) is 0 Å². The third-order valence-electron chi connectivity index (χ3n) is 5.77. The molecule has 2 aromatic rings. The zero-order valence-electron chi connectivity index (χ0n) is 16.0. The average molecular weight is 385 g/mol. The highest BCUT2D eigenvalue weighted by Gasteiger charge is 2.34. The minimum atomic E-state index is -0.462. The highest BCUT2D eigenvalue weighted by atomic mass is 16.6. The Morgan fingerprint density at radius 2 is 1.89 bits per heavy atom. The topological polar surface area (TPSA) is 103 Å². The lowest BCUT2D eigenvalue weighted by molar-refractivity contribution is -0.385. The van der Waals surface area contributed by atoms with Crippen LogP contribution in [0.5, 0.6) is 0 Å². The van der Waals surface area contributed by atoms with Gasteiger partial charge in [-0.2, -0.15) is 5.10 Å². The van der Waals surface area contributed by atoms with Gasteiger partial charge in [0.2, 0.25) is 0 Å². The number of rotatable bonds is 4. The maximum absolute atomic E-state index is 12.9. The Morgan fingerprint density at radius 1 is 1.21 bits per heavy atom. The van der Waals surface area contributed by atoms with E-state index in [4.69, 9.17) is 0 Å². The van der Waals surface area contributed by atoms with Crippen LogP contribution in [0.1, 0.15) is 59.4 Å². The van der Waals surface area contributed by atoms with Crippen LogP contribution in [-0.2, 0) is 7.05 Å². The number of carbonyl (C=O) groups excluding carboxylic acids is 1. The lowest BCUT2D eigenvalue weighted by Gasteiger charge is -2.32. The van der Waals surface area contributed by atoms with Crippen LogP contribution in [-0.4, -0.2) is 43.2 Å². The molecule has 1 amide bonds. The minimum Gasteiger partial charge on any atom is -0.339 e. The molecule has 148 valence electrons. The molecule has 4 rings (SSSR count). The van der Waals surface area contributed by atoms with E-state index in [9.17, 15) is 19.7 Å². The van der Waals surface area contributed by atoms with Crippen LogP contribution in [0, 0.1) is 17.0 Å². The van der Waals surface area contributed by atoms with Crippen LogP contribution in [0.15, 0.2) is 23.0 Å². The van der Waals surface area contributed by atoms with Gasteiger partial charge in [0.1, 0.15) is 5.82 Å².